The summed E-state index contributed by atoms with van der Waals surface area (Å²) in [4.78, 5) is 11.0. The number of nitrogens with one attached hydrogen (secondary N) is 1. The van der Waals surface area contributed by atoms with Crippen molar-refractivity contribution in [2.24, 2.45) is 5.92 Å². The molecule has 1 fully saturated rings. The monoisotopic (exact) mass is 385 g/mol. The van der Waals surface area contributed by atoms with Crippen LogP contribution in [-0.2, 0) is 0 Å². The van der Waals surface area contributed by atoms with E-state index in [4.69, 9.17) is 11.6 Å². The third-order valence-corrected chi connectivity index (χ3v) is 5.42. The van der Waals surface area contributed by atoms with Crippen molar-refractivity contribution in [3.05, 3.63) is 29.8 Å². The lowest BCUT2D eigenvalue weighted by Gasteiger charge is -2.21. The standard InChI is InChI=1S/C21H32ClNO.ClH/c22-21(24)19-13-15-20(16-14-19)23-17-9-4-2-1-3-6-10-18-11-7-5-8-12-18;/h13-16,18,23H,1-12,17H2;1H. The molecule has 25 heavy (non-hydrogen) atoms. The summed E-state index contributed by atoms with van der Waals surface area (Å²) in [6.07, 6.45) is 17.0. The van der Waals surface area contributed by atoms with E-state index in [-0.39, 0.29) is 12.4 Å². The van der Waals surface area contributed by atoms with Gasteiger partial charge >= 0.3 is 0 Å². The summed E-state index contributed by atoms with van der Waals surface area (Å²) < 4.78 is 0. The molecule has 1 aliphatic carbocycles. The maximum atomic E-state index is 11.0. The van der Waals surface area contributed by atoms with Crippen LogP contribution in [0.3, 0.4) is 0 Å². The Morgan fingerprint density at radius 3 is 2.16 bits per heavy atom. The average Bonchev–Trinajstić information content (AvgIpc) is 2.61. The van der Waals surface area contributed by atoms with Crippen LogP contribution in [0.2, 0.25) is 0 Å². The van der Waals surface area contributed by atoms with E-state index < -0.39 is 5.24 Å². The van der Waals surface area contributed by atoms with Crippen molar-refractivity contribution < 1.29 is 4.79 Å². The van der Waals surface area contributed by atoms with Crippen LogP contribution >= 0.6 is 24.0 Å². The number of unbranched alkanes of at least 4 members (excludes halogenated alkanes) is 5. The fourth-order valence-corrected chi connectivity index (χ4v) is 3.82. The van der Waals surface area contributed by atoms with Crippen LogP contribution < -0.4 is 5.32 Å². The minimum Gasteiger partial charge on any atom is -0.385 e. The Labute approximate surface area is 164 Å². The lowest BCUT2D eigenvalue weighted by Crippen LogP contribution is -2.05. The molecule has 0 radical (unpaired) electrons. The average molecular weight is 386 g/mol. The molecule has 2 nitrogen and oxygen atoms in total. The van der Waals surface area contributed by atoms with Crippen LogP contribution in [-0.4, -0.2) is 11.8 Å². The lowest BCUT2D eigenvalue weighted by atomic mass is 9.85. The van der Waals surface area contributed by atoms with Gasteiger partial charge in [-0.05, 0) is 48.2 Å². The van der Waals surface area contributed by atoms with Gasteiger partial charge < -0.3 is 5.32 Å². The molecule has 2 rings (SSSR count). The summed E-state index contributed by atoms with van der Waals surface area (Å²) in [5, 5.41) is 3.00. The molecule has 0 bridgehead atoms. The molecule has 0 heterocycles. The van der Waals surface area contributed by atoms with Crippen molar-refractivity contribution in [2.45, 2.75) is 77.0 Å². The number of carbonyl (C=O) groups is 1. The van der Waals surface area contributed by atoms with Gasteiger partial charge in [-0.15, -0.1) is 12.4 Å². The second kappa shape index (κ2) is 13.5. The minimum atomic E-state index is -0.398. The SMILES string of the molecule is Cl.O=C(Cl)c1ccc(NCCCCCCCCC2CCCCC2)cc1. The number of carbonyl (C=O) groups excluding carboxylic acids is 1. The summed E-state index contributed by atoms with van der Waals surface area (Å²) in [6.45, 7) is 0.996. The highest BCUT2D eigenvalue weighted by Gasteiger charge is 2.12. The Hall–Kier alpha value is -0.730. The molecule has 0 saturated heterocycles. The van der Waals surface area contributed by atoms with Crippen molar-refractivity contribution in [1.29, 1.82) is 0 Å². The third kappa shape index (κ3) is 9.51. The van der Waals surface area contributed by atoms with Gasteiger partial charge in [-0.1, -0.05) is 70.6 Å². The first kappa shape index (κ1) is 22.3. The van der Waals surface area contributed by atoms with Crippen molar-refractivity contribution >= 4 is 34.9 Å². The van der Waals surface area contributed by atoms with Gasteiger partial charge in [0.1, 0.15) is 0 Å². The van der Waals surface area contributed by atoms with Crippen molar-refractivity contribution in [2.75, 3.05) is 11.9 Å². The zero-order valence-corrected chi connectivity index (χ0v) is 16.8. The summed E-state index contributed by atoms with van der Waals surface area (Å²) in [7, 11) is 0. The Bertz CT molecular complexity index is 469. The second-order valence-corrected chi connectivity index (χ2v) is 7.54. The quantitative estimate of drug-likeness (QED) is 0.321. The van der Waals surface area contributed by atoms with Crippen LogP contribution in [0.15, 0.2) is 24.3 Å². The Morgan fingerprint density at radius 1 is 0.920 bits per heavy atom. The van der Waals surface area contributed by atoms with Gasteiger partial charge in [-0.3, -0.25) is 4.79 Å². The minimum absolute atomic E-state index is 0. The normalized spacial score (nSPS) is 14.8. The predicted molar refractivity (Wildman–Crippen MR) is 111 cm³/mol. The van der Waals surface area contributed by atoms with Crippen LogP contribution in [0, 0.1) is 5.92 Å². The smallest absolute Gasteiger partial charge is 0.252 e. The number of rotatable bonds is 11. The molecule has 1 aromatic carbocycles. The first-order chi connectivity index (χ1) is 11.8. The zero-order valence-electron chi connectivity index (χ0n) is 15.3. The molecule has 0 aliphatic heterocycles. The number of halogens is 2. The van der Waals surface area contributed by atoms with E-state index in [1.165, 1.54) is 77.0 Å². The first-order valence-corrected chi connectivity index (χ1v) is 10.2. The van der Waals surface area contributed by atoms with E-state index in [2.05, 4.69) is 5.32 Å². The molecule has 1 aromatic rings. The highest BCUT2D eigenvalue weighted by Crippen LogP contribution is 2.28. The van der Waals surface area contributed by atoms with Gasteiger partial charge in [-0.25, -0.2) is 0 Å². The van der Waals surface area contributed by atoms with Crippen LogP contribution in [0.1, 0.15) is 87.4 Å². The molecule has 142 valence electrons. The van der Waals surface area contributed by atoms with E-state index in [0.717, 1.165) is 18.2 Å². The molecular weight excluding hydrogens is 353 g/mol. The summed E-state index contributed by atoms with van der Waals surface area (Å²) in [5.74, 6) is 1.04. The van der Waals surface area contributed by atoms with E-state index in [0.29, 0.717) is 5.56 Å². The lowest BCUT2D eigenvalue weighted by molar-refractivity contribution is 0.108. The molecule has 1 saturated carbocycles. The van der Waals surface area contributed by atoms with Crippen LogP contribution in [0.25, 0.3) is 0 Å². The predicted octanol–water partition coefficient (Wildman–Crippen LogP) is 7.21. The molecule has 0 spiro atoms. The third-order valence-electron chi connectivity index (χ3n) is 5.20. The molecule has 4 heteroatoms. The summed E-state index contributed by atoms with van der Waals surface area (Å²) in [5.41, 5.74) is 1.61. The fraction of sp³-hybridized carbons (Fsp3) is 0.667. The highest BCUT2D eigenvalue weighted by atomic mass is 35.5. The highest BCUT2D eigenvalue weighted by molar-refractivity contribution is 6.67. The Morgan fingerprint density at radius 2 is 1.52 bits per heavy atom. The van der Waals surface area contributed by atoms with Gasteiger partial charge in [0, 0.05) is 17.8 Å². The molecule has 1 aliphatic rings. The van der Waals surface area contributed by atoms with E-state index in [1.54, 1.807) is 12.1 Å². The van der Waals surface area contributed by atoms with E-state index in [9.17, 15) is 4.79 Å². The molecule has 1 N–H and O–H groups in total. The number of benzene rings is 1. The number of hydrogen-bond acceptors (Lipinski definition) is 2. The fourth-order valence-electron chi connectivity index (χ4n) is 3.69. The van der Waals surface area contributed by atoms with Crippen LogP contribution in [0.5, 0.6) is 0 Å². The first-order valence-electron chi connectivity index (χ1n) is 9.79. The maximum Gasteiger partial charge on any atom is 0.252 e. The van der Waals surface area contributed by atoms with E-state index >= 15 is 0 Å². The van der Waals surface area contributed by atoms with Crippen LogP contribution in [0.4, 0.5) is 5.69 Å². The Kier molecular flexibility index (Phi) is 12.0. The van der Waals surface area contributed by atoms with Crippen molar-refractivity contribution in [1.82, 2.24) is 0 Å². The molecular formula is C21H33Cl2NO. The number of anilines is 1. The largest absolute Gasteiger partial charge is 0.385 e. The molecule has 0 atom stereocenters. The maximum absolute atomic E-state index is 11.0. The molecule has 0 amide bonds. The summed E-state index contributed by atoms with van der Waals surface area (Å²) >= 11 is 5.44. The van der Waals surface area contributed by atoms with Gasteiger partial charge in [0.15, 0.2) is 0 Å². The van der Waals surface area contributed by atoms with Crippen molar-refractivity contribution in [3.8, 4) is 0 Å². The van der Waals surface area contributed by atoms with E-state index in [1.807, 2.05) is 12.1 Å². The molecule has 0 unspecified atom stereocenters. The topological polar surface area (TPSA) is 29.1 Å². The summed E-state index contributed by atoms with van der Waals surface area (Å²) in [6, 6.07) is 7.37. The van der Waals surface area contributed by atoms with Gasteiger partial charge in [0.25, 0.3) is 5.24 Å². The van der Waals surface area contributed by atoms with Gasteiger partial charge in [-0.2, -0.15) is 0 Å². The van der Waals surface area contributed by atoms with Gasteiger partial charge in [0.05, 0.1) is 0 Å². The second-order valence-electron chi connectivity index (χ2n) is 7.19. The van der Waals surface area contributed by atoms with Crippen molar-refractivity contribution in [3.63, 3.8) is 0 Å². The number of hydrogen-bond donors (Lipinski definition) is 1. The molecule has 0 aromatic heterocycles. The zero-order chi connectivity index (χ0) is 17.0. The van der Waals surface area contributed by atoms with Gasteiger partial charge in [0.2, 0.25) is 0 Å². The Balaban J connectivity index is 0.00000312.